The zero-order valence-corrected chi connectivity index (χ0v) is 11.1. The van der Waals surface area contributed by atoms with E-state index in [1.807, 2.05) is 54.6 Å². The minimum atomic E-state index is 0.0887. The summed E-state index contributed by atoms with van der Waals surface area (Å²) in [7, 11) is 0. The average molecular weight is 254 g/mol. The standard InChI is InChI=1S/C17H18O2/c1-2-14-8-10-17(11-9-14)19-13-16(18)12-15-6-4-3-5-7-15/h3-11H,2,12-13H2,1H3. The molecule has 0 saturated heterocycles. The van der Waals surface area contributed by atoms with Crippen LogP contribution in [-0.4, -0.2) is 12.4 Å². The molecule has 0 aliphatic carbocycles. The Hall–Kier alpha value is -2.09. The van der Waals surface area contributed by atoms with E-state index in [-0.39, 0.29) is 12.4 Å². The van der Waals surface area contributed by atoms with Crippen LogP contribution in [0.15, 0.2) is 54.6 Å². The molecule has 0 amide bonds. The maximum Gasteiger partial charge on any atom is 0.174 e. The fourth-order valence-electron chi connectivity index (χ4n) is 1.86. The zero-order valence-electron chi connectivity index (χ0n) is 11.1. The number of benzene rings is 2. The van der Waals surface area contributed by atoms with Crippen molar-refractivity contribution in [2.75, 3.05) is 6.61 Å². The van der Waals surface area contributed by atoms with Gasteiger partial charge in [-0.3, -0.25) is 4.79 Å². The number of carbonyl (C=O) groups excluding carboxylic acids is 1. The van der Waals surface area contributed by atoms with Crippen molar-refractivity contribution in [3.63, 3.8) is 0 Å². The third kappa shape index (κ3) is 4.25. The van der Waals surface area contributed by atoms with Crippen LogP contribution in [0.25, 0.3) is 0 Å². The lowest BCUT2D eigenvalue weighted by molar-refractivity contribution is -0.120. The maximum atomic E-state index is 11.8. The van der Waals surface area contributed by atoms with Gasteiger partial charge in [0, 0.05) is 6.42 Å². The van der Waals surface area contributed by atoms with Crippen LogP contribution >= 0.6 is 0 Å². The molecule has 0 aliphatic heterocycles. The van der Waals surface area contributed by atoms with Gasteiger partial charge in [0.25, 0.3) is 0 Å². The molecule has 2 aromatic carbocycles. The summed E-state index contributed by atoms with van der Waals surface area (Å²) in [5.74, 6) is 0.837. The highest BCUT2D eigenvalue weighted by Gasteiger charge is 2.04. The fourth-order valence-corrected chi connectivity index (χ4v) is 1.86. The van der Waals surface area contributed by atoms with E-state index in [1.165, 1.54) is 5.56 Å². The van der Waals surface area contributed by atoms with Gasteiger partial charge in [0.1, 0.15) is 12.4 Å². The summed E-state index contributed by atoms with van der Waals surface area (Å²) < 4.78 is 5.49. The summed E-state index contributed by atoms with van der Waals surface area (Å²) in [6.07, 6.45) is 1.43. The van der Waals surface area contributed by atoms with Gasteiger partial charge < -0.3 is 4.74 Å². The predicted octanol–water partition coefficient (Wildman–Crippen LogP) is 3.44. The smallest absolute Gasteiger partial charge is 0.174 e. The van der Waals surface area contributed by atoms with Gasteiger partial charge in [0.15, 0.2) is 5.78 Å². The third-order valence-corrected chi connectivity index (χ3v) is 2.98. The molecular formula is C17H18O2. The second kappa shape index (κ2) is 6.74. The lowest BCUT2D eigenvalue weighted by Gasteiger charge is -2.06. The predicted molar refractivity (Wildman–Crippen MR) is 76.5 cm³/mol. The van der Waals surface area contributed by atoms with Crippen LogP contribution in [0.3, 0.4) is 0 Å². The summed E-state index contributed by atoms with van der Waals surface area (Å²) in [4.78, 5) is 11.8. The van der Waals surface area contributed by atoms with Gasteiger partial charge in [0.05, 0.1) is 0 Å². The summed E-state index contributed by atoms with van der Waals surface area (Å²) in [5, 5.41) is 0. The van der Waals surface area contributed by atoms with E-state index in [1.54, 1.807) is 0 Å². The molecule has 2 nitrogen and oxygen atoms in total. The van der Waals surface area contributed by atoms with Gasteiger partial charge in [0.2, 0.25) is 0 Å². The molecule has 2 rings (SSSR count). The number of carbonyl (C=O) groups is 1. The molecule has 0 atom stereocenters. The second-order valence-electron chi connectivity index (χ2n) is 4.49. The maximum absolute atomic E-state index is 11.8. The number of ether oxygens (including phenoxy) is 1. The topological polar surface area (TPSA) is 26.3 Å². The van der Waals surface area contributed by atoms with Crippen LogP contribution in [0, 0.1) is 0 Å². The molecule has 0 aromatic heterocycles. The van der Waals surface area contributed by atoms with Gasteiger partial charge >= 0.3 is 0 Å². The van der Waals surface area contributed by atoms with Crippen LogP contribution in [0.4, 0.5) is 0 Å². The van der Waals surface area contributed by atoms with Gasteiger partial charge in [-0.2, -0.15) is 0 Å². The highest BCUT2D eigenvalue weighted by molar-refractivity contribution is 5.82. The highest BCUT2D eigenvalue weighted by atomic mass is 16.5. The van der Waals surface area contributed by atoms with E-state index in [0.717, 1.165) is 17.7 Å². The van der Waals surface area contributed by atoms with Crippen molar-refractivity contribution in [1.29, 1.82) is 0 Å². The molecule has 0 spiro atoms. The van der Waals surface area contributed by atoms with Gasteiger partial charge in [-0.05, 0) is 29.7 Å². The molecule has 0 radical (unpaired) electrons. The molecule has 0 fully saturated rings. The first kappa shape index (κ1) is 13.3. The first-order valence-electron chi connectivity index (χ1n) is 6.55. The molecule has 0 aliphatic rings. The van der Waals surface area contributed by atoms with Crippen molar-refractivity contribution in [3.8, 4) is 5.75 Å². The van der Waals surface area contributed by atoms with Crippen LogP contribution in [0.2, 0.25) is 0 Å². The highest BCUT2D eigenvalue weighted by Crippen LogP contribution is 2.12. The van der Waals surface area contributed by atoms with E-state index >= 15 is 0 Å². The summed E-state index contributed by atoms with van der Waals surface area (Å²) >= 11 is 0. The first-order valence-corrected chi connectivity index (χ1v) is 6.55. The number of hydrogen-bond acceptors (Lipinski definition) is 2. The van der Waals surface area contributed by atoms with E-state index in [0.29, 0.717) is 6.42 Å². The SMILES string of the molecule is CCc1ccc(OCC(=O)Cc2ccccc2)cc1. The Balaban J connectivity index is 1.83. The van der Waals surface area contributed by atoms with Crippen molar-refractivity contribution < 1.29 is 9.53 Å². The van der Waals surface area contributed by atoms with Gasteiger partial charge in [-0.1, -0.05) is 49.4 Å². The van der Waals surface area contributed by atoms with Crippen LogP contribution in [0.5, 0.6) is 5.75 Å². The van der Waals surface area contributed by atoms with E-state index < -0.39 is 0 Å². The minimum absolute atomic E-state index is 0.0887. The third-order valence-electron chi connectivity index (χ3n) is 2.98. The Bertz CT molecular complexity index is 515. The molecule has 98 valence electrons. The Kier molecular flexibility index (Phi) is 4.73. The number of hydrogen-bond donors (Lipinski definition) is 0. The van der Waals surface area contributed by atoms with Crippen molar-refractivity contribution in [1.82, 2.24) is 0 Å². The van der Waals surface area contributed by atoms with Crippen molar-refractivity contribution in [3.05, 3.63) is 65.7 Å². The van der Waals surface area contributed by atoms with Crippen LogP contribution in [-0.2, 0) is 17.6 Å². The largest absolute Gasteiger partial charge is 0.486 e. The average Bonchev–Trinajstić information content (AvgIpc) is 2.47. The Morgan fingerprint density at radius 2 is 1.63 bits per heavy atom. The molecule has 2 aromatic rings. The van der Waals surface area contributed by atoms with Gasteiger partial charge in [-0.15, -0.1) is 0 Å². The molecule has 0 heterocycles. The molecule has 0 unspecified atom stereocenters. The van der Waals surface area contributed by atoms with E-state index in [9.17, 15) is 4.79 Å². The Labute approximate surface area is 114 Å². The van der Waals surface area contributed by atoms with E-state index in [2.05, 4.69) is 6.92 Å². The quantitative estimate of drug-likeness (QED) is 0.789. The van der Waals surface area contributed by atoms with Crippen molar-refractivity contribution >= 4 is 5.78 Å². The lowest BCUT2D eigenvalue weighted by atomic mass is 10.1. The monoisotopic (exact) mass is 254 g/mol. The fraction of sp³-hybridized carbons (Fsp3) is 0.235. The summed E-state index contributed by atoms with van der Waals surface area (Å²) in [6, 6.07) is 17.6. The lowest BCUT2D eigenvalue weighted by Crippen LogP contribution is -2.13. The Morgan fingerprint density at radius 1 is 0.947 bits per heavy atom. The molecule has 0 saturated carbocycles. The van der Waals surface area contributed by atoms with E-state index in [4.69, 9.17) is 4.74 Å². The molecule has 2 heteroatoms. The summed E-state index contributed by atoms with van der Waals surface area (Å²) in [6.45, 7) is 2.24. The first-order chi connectivity index (χ1) is 9.28. The number of ketones is 1. The molecule has 0 N–H and O–H groups in total. The number of Topliss-reactive ketones (excluding diaryl/α,β-unsaturated/α-hetero) is 1. The van der Waals surface area contributed by atoms with Crippen LogP contribution < -0.4 is 4.74 Å². The van der Waals surface area contributed by atoms with Crippen molar-refractivity contribution in [2.45, 2.75) is 19.8 Å². The minimum Gasteiger partial charge on any atom is -0.486 e. The van der Waals surface area contributed by atoms with Gasteiger partial charge in [-0.25, -0.2) is 0 Å². The number of rotatable bonds is 6. The molecule has 19 heavy (non-hydrogen) atoms. The summed E-state index contributed by atoms with van der Waals surface area (Å²) in [5.41, 5.74) is 2.29. The normalized spacial score (nSPS) is 10.2. The molecular weight excluding hydrogens is 236 g/mol. The Morgan fingerprint density at radius 3 is 2.26 bits per heavy atom. The zero-order chi connectivity index (χ0) is 13.5. The van der Waals surface area contributed by atoms with Crippen molar-refractivity contribution in [2.24, 2.45) is 0 Å². The van der Waals surface area contributed by atoms with Crippen LogP contribution in [0.1, 0.15) is 18.1 Å². The molecule has 0 bridgehead atoms. The second-order valence-corrected chi connectivity index (χ2v) is 4.49. The number of aryl methyl sites for hydroxylation is 1.